The maximum absolute atomic E-state index is 13.2. The largest absolute Gasteiger partial charge is 0.297 e. The van der Waals surface area contributed by atoms with Crippen LogP contribution in [0.25, 0.3) is 10.2 Å². The van der Waals surface area contributed by atoms with Crippen molar-refractivity contribution < 1.29 is 9.59 Å². The van der Waals surface area contributed by atoms with Gasteiger partial charge in [0.1, 0.15) is 10.7 Å². The van der Waals surface area contributed by atoms with Crippen LogP contribution in [-0.2, 0) is 16.1 Å². The zero-order valence-corrected chi connectivity index (χ0v) is 16.5. The molecule has 0 aromatic carbocycles. The highest BCUT2D eigenvalue weighted by Gasteiger charge is 2.28. The number of ketones is 2. The monoisotopic (exact) mass is 363 g/mol. The molecule has 0 fully saturated rings. The van der Waals surface area contributed by atoms with Crippen LogP contribution in [0, 0.1) is 13.8 Å². The van der Waals surface area contributed by atoms with Crippen LogP contribution >= 0.6 is 11.3 Å². The van der Waals surface area contributed by atoms with Crippen LogP contribution in [0.3, 0.4) is 0 Å². The van der Waals surface area contributed by atoms with Crippen molar-refractivity contribution in [3.63, 3.8) is 0 Å². The molecule has 0 saturated carbocycles. The molecule has 0 saturated heterocycles. The Kier molecular flexibility index (Phi) is 5.90. The van der Waals surface area contributed by atoms with Gasteiger partial charge in [-0.3, -0.25) is 23.9 Å². The lowest BCUT2D eigenvalue weighted by atomic mass is 10.1. The number of aryl methyl sites for hydroxylation is 2. The van der Waals surface area contributed by atoms with E-state index in [1.807, 2.05) is 27.7 Å². The molecule has 0 aliphatic rings. The Bertz CT molecular complexity index is 864. The zero-order chi connectivity index (χ0) is 18.9. The molecule has 7 heteroatoms. The van der Waals surface area contributed by atoms with Crippen molar-refractivity contribution in [3.8, 4) is 0 Å². The molecule has 0 unspecified atom stereocenters. The summed E-state index contributed by atoms with van der Waals surface area (Å²) in [5.41, 5.74) is 0.566. The molecule has 2 aromatic rings. The summed E-state index contributed by atoms with van der Waals surface area (Å²) in [7, 11) is 0. The summed E-state index contributed by atoms with van der Waals surface area (Å²) in [5.74, 6) is -0.222. The molecule has 0 radical (unpaired) electrons. The van der Waals surface area contributed by atoms with E-state index in [1.54, 1.807) is 0 Å². The minimum atomic E-state index is -1.12. The van der Waals surface area contributed by atoms with Gasteiger partial charge in [0.05, 0.1) is 11.9 Å². The van der Waals surface area contributed by atoms with Crippen molar-refractivity contribution in [2.75, 3.05) is 13.1 Å². The van der Waals surface area contributed by atoms with Crippen molar-refractivity contribution in [2.45, 2.75) is 54.1 Å². The van der Waals surface area contributed by atoms with Crippen LogP contribution in [0.2, 0.25) is 0 Å². The number of nitrogens with zero attached hydrogens (tertiary/aromatic N) is 3. The quantitative estimate of drug-likeness (QED) is 0.707. The van der Waals surface area contributed by atoms with Gasteiger partial charge in [0.25, 0.3) is 5.56 Å². The molecule has 0 bridgehead atoms. The third kappa shape index (κ3) is 3.57. The van der Waals surface area contributed by atoms with Crippen molar-refractivity contribution in [1.82, 2.24) is 14.5 Å². The first kappa shape index (κ1) is 19.5. The van der Waals surface area contributed by atoms with E-state index in [4.69, 9.17) is 0 Å². The summed E-state index contributed by atoms with van der Waals surface area (Å²) in [6.45, 7) is 12.6. The van der Waals surface area contributed by atoms with Gasteiger partial charge in [-0.15, -0.1) is 11.3 Å². The second kappa shape index (κ2) is 7.58. The highest BCUT2D eigenvalue weighted by molar-refractivity contribution is 7.18. The fraction of sp³-hybridized carbons (Fsp3) is 0.556. The van der Waals surface area contributed by atoms with Crippen LogP contribution in [0.15, 0.2) is 4.79 Å². The fourth-order valence-corrected chi connectivity index (χ4v) is 4.06. The lowest BCUT2D eigenvalue weighted by Gasteiger charge is -2.23. The number of fused-ring (bicyclic) bond motifs is 1. The van der Waals surface area contributed by atoms with E-state index in [0.29, 0.717) is 22.6 Å². The lowest BCUT2D eigenvalue weighted by Crippen LogP contribution is -2.38. The van der Waals surface area contributed by atoms with E-state index in [9.17, 15) is 14.4 Å². The molecule has 2 aromatic heterocycles. The second-order valence-corrected chi connectivity index (χ2v) is 7.46. The highest BCUT2D eigenvalue weighted by atomic mass is 32.1. The van der Waals surface area contributed by atoms with Gasteiger partial charge in [0.15, 0.2) is 17.6 Å². The minimum absolute atomic E-state index is 0.301. The van der Waals surface area contributed by atoms with Crippen LogP contribution < -0.4 is 5.56 Å². The minimum Gasteiger partial charge on any atom is -0.297 e. The summed E-state index contributed by atoms with van der Waals surface area (Å²) in [4.78, 5) is 45.9. The van der Waals surface area contributed by atoms with E-state index >= 15 is 0 Å². The Morgan fingerprint density at radius 1 is 1.16 bits per heavy atom. The number of rotatable bonds is 7. The average molecular weight is 363 g/mol. The van der Waals surface area contributed by atoms with Crippen molar-refractivity contribution in [3.05, 3.63) is 26.6 Å². The molecule has 25 heavy (non-hydrogen) atoms. The first-order valence-electron chi connectivity index (χ1n) is 8.47. The average Bonchev–Trinajstić information content (AvgIpc) is 2.82. The number of carbonyl (C=O) groups is 2. The molecule has 0 amide bonds. The summed E-state index contributed by atoms with van der Waals surface area (Å²) in [6, 6.07) is -1.12. The van der Waals surface area contributed by atoms with Gasteiger partial charge in [-0.25, -0.2) is 4.98 Å². The molecule has 0 atom stereocenters. The zero-order valence-electron chi connectivity index (χ0n) is 15.7. The topological polar surface area (TPSA) is 72.3 Å². The summed E-state index contributed by atoms with van der Waals surface area (Å²) in [6.07, 6.45) is 0. The summed E-state index contributed by atoms with van der Waals surface area (Å²) in [5, 5.41) is 0.512. The Morgan fingerprint density at radius 3 is 2.20 bits per heavy atom. The predicted octanol–water partition coefficient (Wildman–Crippen LogP) is 2.64. The van der Waals surface area contributed by atoms with Gasteiger partial charge in [-0.2, -0.15) is 0 Å². The maximum atomic E-state index is 13.2. The van der Waals surface area contributed by atoms with E-state index in [-0.39, 0.29) is 17.1 Å². The second-order valence-electron chi connectivity index (χ2n) is 6.25. The molecular formula is C18H25N3O3S. The molecule has 2 rings (SSSR count). The Morgan fingerprint density at radius 2 is 1.72 bits per heavy atom. The van der Waals surface area contributed by atoms with E-state index in [0.717, 1.165) is 23.5 Å². The van der Waals surface area contributed by atoms with E-state index < -0.39 is 6.04 Å². The van der Waals surface area contributed by atoms with Crippen LogP contribution in [0.4, 0.5) is 0 Å². The number of Topliss-reactive ketones (excluding diaryl/α,β-unsaturated/α-hetero) is 2. The number of carbonyl (C=O) groups excluding carboxylic acids is 2. The van der Waals surface area contributed by atoms with Gasteiger partial charge < -0.3 is 0 Å². The van der Waals surface area contributed by atoms with Crippen molar-refractivity contribution >= 4 is 33.1 Å². The standard InChI is InChI=1S/C18H25N3O3S/c1-7-20(8-2)9-14-19-17-15(10(3)13(6)25-17)18(24)21(14)16(11(4)22)12(5)23/h16H,7-9H2,1-6H3. The van der Waals surface area contributed by atoms with Gasteiger partial charge in [-0.05, 0) is 46.3 Å². The SMILES string of the molecule is CCN(CC)Cc1nc2sc(C)c(C)c2c(=O)n1C(C(C)=O)C(C)=O. The van der Waals surface area contributed by atoms with Gasteiger partial charge in [0, 0.05) is 4.88 Å². The van der Waals surface area contributed by atoms with Gasteiger partial charge in [0.2, 0.25) is 0 Å². The van der Waals surface area contributed by atoms with Crippen LogP contribution in [0.5, 0.6) is 0 Å². The Hall–Kier alpha value is -1.86. The van der Waals surface area contributed by atoms with Gasteiger partial charge >= 0.3 is 0 Å². The molecule has 2 heterocycles. The third-order valence-electron chi connectivity index (χ3n) is 4.60. The first-order chi connectivity index (χ1) is 11.7. The van der Waals surface area contributed by atoms with Crippen LogP contribution in [0.1, 0.15) is 50.0 Å². The summed E-state index contributed by atoms with van der Waals surface area (Å²) >= 11 is 1.47. The van der Waals surface area contributed by atoms with Crippen LogP contribution in [-0.4, -0.2) is 39.1 Å². The smallest absolute Gasteiger partial charge is 0.263 e. The molecule has 0 N–H and O–H groups in total. The first-order valence-corrected chi connectivity index (χ1v) is 9.28. The highest BCUT2D eigenvalue weighted by Crippen LogP contribution is 2.27. The lowest BCUT2D eigenvalue weighted by molar-refractivity contribution is -0.129. The summed E-state index contributed by atoms with van der Waals surface area (Å²) < 4.78 is 1.31. The number of hydrogen-bond donors (Lipinski definition) is 0. The third-order valence-corrected chi connectivity index (χ3v) is 5.70. The van der Waals surface area contributed by atoms with Crippen molar-refractivity contribution in [2.24, 2.45) is 0 Å². The van der Waals surface area contributed by atoms with Crippen molar-refractivity contribution in [1.29, 1.82) is 0 Å². The predicted molar refractivity (Wildman–Crippen MR) is 100 cm³/mol. The molecule has 0 spiro atoms. The van der Waals surface area contributed by atoms with E-state index in [2.05, 4.69) is 9.88 Å². The van der Waals surface area contributed by atoms with Gasteiger partial charge in [-0.1, -0.05) is 13.8 Å². The number of aromatic nitrogens is 2. The Balaban J connectivity index is 2.84. The molecule has 136 valence electrons. The molecule has 0 aliphatic heterocycles. The maximum Gasteiger partial charge on any atom is 0.263 e. The van der Waals surface area contributed by atoms with E-state index in [1.165, 1.54) is 29.8 Å². The molecule has 6 nitrogen and oxygen atoms in total. The fourth-order valence-electron chi connectivity index (χ4n) is 3.02. The number of thiophene rings is 1. The number of hydrogen-bond acceptors (Lipinski definition) is 6. The molecule has 0 aliphatic carbocycles. The Labute approximate surface area is 151 Å². The normalized spacial score (nSPS) is 11.7. The molecular weight excluding hydrogens is 338 g/mol.